The number of carbonyl (C=O) groups is 2. The second kappa shape index (κ2) is 10.5. The minimum Gasteiger partial charge on any atom is -0.449 e. The third-order valence-corrected chi connectivity index (χ3v) is 6.04. The highest BCUT2D eigenvalue weighted by Crippen LogP contribution is 2.44. The first-order chi connectivity index (χ1) is 16.5. The van der Waals surface area contributed by atoms with Crippen LogP contribution >= 0.6 is 0 Å². The van der Waals surface area contributed by atoms with Gasteiger partial charge in [-0.1, -0.05) is 60.7 Å². The predicted molar refractivity (Wildman–Crippen MR) is 127 cm³/mol. The number of fused-ring (bicyclic) bond motifs is 3. The van der Waals surface area contributed by atoms with Crippen LogP contribution in [0.4, 0.5) is 4.79 Å². The van der Waals surface area contributed by atoms with Crippen molar-refractivity contribution in [2.24, 2.45) is 5.84 Å². The summed E-state index contributed by atoms with van der Waals surface area (Å²) in [5.41, 5.74) is 7.21. The quantitative estimate of drug-likeness (QED) is 0.199. The molecule has 0 saturated heterocycles. The number of rotatable bonds is 8. The highest BCUT2D eigenvalue weighted by molar-refractivity contribution is 5.93. The highest BCUT2D eigenvalue weighted by Gasteiger charge is 2.29. The summed E-state index contributed by atoms with van der Waals surface area (Å²) in [5, 5.41) is 23.4. The summed E-state index contributed by atoms with van der Waals surface area (Å²) in [7, 11) is 0. The zero-order chi connectivity index (χ0) is 24.1. The van der Waals surface area contributed by atoms with E-state index < -0.39 is 24.2 Å². The van der Waals surface area contributed by atoms with Gasteiger partial charge in [0.2, 0.25) is 0 Å². The first-order valence-corrected chi connectivity index (χ1v) is 11.1. The third kappa shape index (κ3) is 4.94. The monoisotopic (exact) mass is 461 g/mol. The van der Waals surface area contributed by atoms with Crippen LogP contribution in [0.1, 0.15) is 45.5 Å². The molecular formula is C26H27N3O5. The average molecular weight is 462 g/mol. The molecule has 1 aliphatic rings. The van der Waals surface area contributed by atoms with Crippen LogP contribution in [0.3, 0.4) is 0 Å². The molecule has 4 rings (SSSR count). The summed E-state index contributed by atoms with van der Waals surface area (Å²) in [6, 6.07) is 22.4. The summed E-state index contributed by atoms with van der Waals surface area (Å²) in [5.74, 6) is 4.59. The Morgan fingerprint density at radius 3 is 2.24 bits per heavy atom. The molecule has 8 nitrogen and oxygen atoms in total. The zero-order valence-electron chi connectivity index (χ0n) is 18.5. The lowest BCUT2D eigenvalue weighted by atomic mass is 9.98. The molecule has 2 amide bonds. The Balaban J connectivity index is 1.28. The SMILES string of the molecule is NNC(=O)c1cccc(C(O)C(O)CCNC(=O)OCC2c3ccccc3-c3ccccc32)c1. The summed E-state index contributed by atoms with van der Waals surface area (Å²) < 4.78 is 5.47. The number of aliphatic hydroxyl groups is 2. The Labute approximate surface area is 197 Å². The fourth-order valence-corrected chi connectivity index (χ4v) is 4.30. The molecule has 2 unspecified atom stereocenters. The molecule has 0 fully saturated rings. The van der Waals surface area contributed by atoms with E-state index in [0.29, 0.717) is 5.56 Å². The zero-order valence-corrected chi connectivity index (χ0v) is 18.5. The van der Waals surface area contributed by atoms with Crippen molar-refractivity contribution in [3.63, 3.8) is 0 Å². The number of aliphatic hydroxyl groups excluding tert-OH is 2. The number of carbonyl (C=O) groups excluding carboxylic acids is 2. The molecule has 8 heteroatoms. The Morgan fingerprint density at radius 2 is 1.59 bits per heavy atom. The lowest BCUT2D eigenvalue weighted by Crippen LogP contribution is -2.31. The van der Waals surface area contributed by atoms with Gasteiger partial charge in [0.15, 0.2) is 0 Å². The van der Waals surface area contributed by atoms with Crippen LogP contribution in [0.15, 0.2) is 72.8 Å². The number of nitrogens with one attached hydrogen (secondary N) is 2. The van der Waals surface area contributed by atoms with E-state index in [1.54, 1.807) is 18.2 Å². The topological polar surface area (TPSA) is 134 Å². The summed E-state index contributed by atoms with van der Waals surface area (Å²) in [6.45, 7) is 0.304. The Hall–Kier alpha value is -3.72. The van der Waals surface area contributed by atoms with Gasteiger partial charge in [-0.3, -0.25) is 10.2 Å². The van der Waals surface area contributed by atoms with Crippen LogP contribution in [-0.4, -0.2) is 41.5 Å². The van der Waals surface area contributed by atoms with Gasteiger partial charge in [0.1, 0.15) is 12.7 Å². The molecule has 0 spiro atoms. The Morgan fingerprint density at radius 1 is 0.941 bits per heavy atom. The lowest BCUT2D eigenvalue weighted by Gasteiger charge is -2.19. The predicted octanol–water partition coefficient (Wildman–Crippen LogP) is 2.61. The van der Waals surface area contributed by atoms with Crippen molar-refractivity contribution in [2.75, 3.05) is 13.2 Å². The summed E-state index contributed by atoms with van der Waals surface area (Å²) in [4.78, 5) is 23.9. The largest absolute Gasteiger partial charge is 0.449 e. The molecule has 176 valence electrons. The Kier molecular flexibility index (Phi) is 7.22. The number of hydrogen-bond donors (Lipinski definition) is 5. The van der Waals surface area contributed by atoms with E-state index in [0.717, 1.165) is 22.3 Å². The molecule has 0 aliphatic heterocycles. The molecule has 34 heavy (non-hydrogen) atoms. The van der Waals surface area contributed by atoms with Crippen LogP contribution in [0.2, 0.25) is 0 Å². The number of alkyl carbamates (subject to hydrolysis) is 1. The van der Waals surface area contributed by atoms with Crippen molar-refractivity contribution in [1.29, 1.82) is 0 Å². The third-order valence-electron chi connectivity index (χ3n) is 6.04. The smallest absolute Gasteiger partial charge is 0.407 e. The fraction of sp³-hybridized carbons (Fsp3) is 0.231. The number of ether oxygens (including phenoxy) is 1. The molecule has 0 heterocycles. The maximum absolute atomic E-state index is 12.3. The standard InChI is InChI=1S/C26H27N3O5/c27-29-25(32)17-7-5-6-16(14-17)24(31)23(30)12-13-28-26(33)34-15-22-20-10-3-1-8-18(20)19-9-2-4-11-21(19)22/h1-11,14,22-24,30-31H,12-13,15,27H2,(H,28,33)(H,29,32). The second-order valence-corrected chi connectivity index (χ2v) is 8.15. The molecule has 0 radical (unpaired) electrons. The fourth-order valence-electron chi connectivity index (χ4n) is 4.30. The minimum absolute atomic E-state index is 0.0384. The number of hydrazine groups is 1. The van der Waals surface area contributed by atoms with Gasteiger partial charge in [0.05, 0.1) is 6.10 Å². The van der Waals surface area contributed by atoms with Crippen LogP contribution < -0.4 is 16.6 Å². The van der Waals surface area contributed by atoms with Gasteiger partial charge in [-0.05, 0) is 46.4 Å². The molecule has 0 bridgehead atoms. The number of benzene rings is 3. The molecule has 1 aliphatic carbocycles. The van der Waals surface area contributed by atoms with E-state index >= 15 is 0 Å². The van der Waals surface area contributed by atoms with Crippen molar-refractivity contribution in [2.45, 2.75) is 24.5 Å². The highest BCUT2D eigenvalue weighted by atomic mass is 16.5. The molecule has 3 aromatic rings. The van der Waals surface area contributed by atoms with Crippen LogP contribution in [-0.2, 0) is 4.74 Å². The number of hydrogen-bond acceptors (Lipinski definition) is 6. The van der Waals surface area contributed by atoms with Crippen molar-refractivity contribution >= 4 is 12.0 Å². The van der Waals surface area contributed by atoms with Gasteiger partial charge in [-0.15, -0.1) is 0 Å². The van der Waals surface area contributed by atoms with E-state index in [-0.39, 0.29) is 31.1 Å². The molecular weight excluding hydrogens is 434 g/mol. The number of nitrogens with two attached hydrogens (primary N) is 1. The van der Waals surface area contributed by atoms with Gasteiger partial charge >= 0.3 is 6.09 Å². The van der Waals surface area contributed by atoms with E-state index in [2.05, 4.69) is 17.4 Å². The summed E-state index contributed by atoms with van der Waals surface area (Å²) >= 11 is 0. The van der Waals surface area contributed by atoms with Crippen molar-refractivity contribution < 1.29 is 24.5 Å². The average Bonchev–Trinajstić information content (AvgIpc) is 3.20. The Bertz CT molecular complexity index is 1140. The number of nitrogen functional groups attached to an aromatic ring is 1. The normalized spacial score (nSPS) is 14.0. The van der Waals surface area contributed by atoms with Crippen molar-refractivity contribution in [1.82, 2.24) is 10.7 Å². The van der Waals surface area contributed by atoms with Gasteiger partial charge < -0.3 is 20.3 Å². The molecule has 6 N–H and O–H groups in total. The van der Waals surface area contributed by atoms with Gasteiger partial charge in [0.25, 0.3) is 5.91 Å². The molecule has 3 aromatic carbocycles. The van der Waals surface area contributed by atoms with Crippen molar-refractivity contribution in [3.8, 4) is 11.1 Å². The van der Waals surface area contributed by atoms with Gasteiger partial charge in [0, 0.05) is 18.0 Å². The van der Waals surface area contributed by atoms with Crippen molar-refractivity contribution in [3.05, 3.63) is 95.1 Å². The van der Waals surface area contributed by atoms with E-state index in [9.17, 15) is 19.8 Å². The second-order valence-electron chi connectivity index (χ2n) is 8.15. The first kappa shape index (κ1) is 23.4. The van der Waals surface area contributed by atoms with Crippen LogP contribution in [0.5, 0.6) is 0 Å². The van der Waals surface area contributed by atoms with Crippen LogP contribution in [0.25, 0.3) is 11.1 Å². The molecule has 0 saturated carbocycles. The lowest BCUT2D eigenvalue weighted by molar-refractivity contribution is 0.0136. The maximum atomic E-state index is 12.3. The van der Waals surface area contributed by atoms with E-state index in [1.807, 2.05) is 41.8 Å². The molecule has 2 atom stereocenters. The van der Waals surface area contributed by atoms with E-state index in [4.69, 9.17) is 10.6 Å². The summed E-state index contributed by atoms with van der Waals surface area (Å²) in [6.07, 6.45) is -2.87. The van der Waals surface area contributed by atoms with Gasteiger partial charge in [-0.2, -0.15) is 0 Å². The van der Waals surface area contributed by atoms with Crippen LogP contribution in [0, 0.1) is 0 Å². The first-order valence-electron chi connectivity index (χ1n) is 11.1. The maximum Gasteiger partial charge on any atom is 0.407 e. The molecule has 0 aromatic heterocycles. The number of amides is 2. The van der Waals surface area contributed by atoms with Gasteiger partial charge in [-0.25, -0.2) is 10.6 Å². The minimum atomic E-state index is -1.23. The van der Waals surface area contributed by atoms with E-state index in [1.165, 1.54) is 6.07 Å².